The summed E-state index contributed by atoms with van der Waals surface area (Å²) in [4.78, 5) is 0. The Kier molecular flexibility index (Phi) is 1.50. The first-order valence-corrected chi connectivity index (χ1v) is 5.17. The van der Waals surface area contributed by atoms with E-state index in [1.165, 1.54) is 32.1 Å². The van der Waals surface area contributed by atoms with Gasteiger partial charge in [0.15, 0.2) is 0 Å². The van der Waals surface area contributed by atoms with Crippen molar-refractivity contribution in [2.24, 2.45) is 5.92 Å². The highest BCUT2D eigenvalue weighted by molar-refractivity contribution is 5.10. The standard InChI is InChI=1S/C10H16O2/c1-2-4-8(5-3-1)10-7-11-6-9(10)12-10/h8-9H,1-7H2/t9-,10-/m0/s1. The number of rotatable bonds is 1. The number of hydrogen-bond donors (Lipinski definition) is 0. The van der Waals surface area contributed by atoms with Gasteiger partial charge in [0.2, 0.25) is 0 Å². The SMILES string of the molecule is C1CCC([C@@]23COC[C@@H]2O3)CC1. The quantitative estimate of drug-likeness (QED) is 0.556. The van der Waals surface area contributed by atoms with Crippen LogP contribution in [0.25, 0.3) is 0 Å². The molecule has 2 aliphatic heterocycles. The molecule has 3 aliphatic rings. The second-order valence-electron chi connectivity index (χ2n) is 4.41. The molecule has 0 aromatic heterocycles. The average Bonchev–Trinajstić information content (AvgIpc) is 2.72. The van der Waals surface area contributed by atoms with Crippen LogP contribution in [0.2, 0.25) is 0 Å². The number of ether oxygens (including phenoxy) is 2. The number of hydrogen-bond acceptors (Lipinski definition) is 2. The van der Waals surface area contributed by atoms with Gasteiger partial charge < -0.3 is 9.47 Å². The van der Waals surface area contributed by atoms with E-state index in [0.29, 0.717) is 6.10 Å². The van der Waals surface area contributed by atoms with E-state index in [1.807, 2.05) is 0 Å². The predicted octanol–water partition coefficient (Wildman–Crippen LogP) is 1.73. The molecular weight excluding hydrogens is 152 g/mol. The van der Waals surface area contributed by atoms with Gasteiger partial charge in [-0.2, -0.15) is 0 Å². The summed E-state index contributed by atoms with van der Waals surface area (Å²) in [6, 6.07) is 0. The van der Waals surface area contributed by atoms with Crippen molar-refractivity contribution in [1.29, 1.82) is 0 Å². The molecule has 0 aromatic rings. The van der Waals surface area contributed by atoms with Gasteiger partial charge in [-0.25, -0.2) is 0 Å². The van der Waals surface area contributed by atoms with Crippen molar-refractivity contribution in [1.82, 2.24) is 0 Å². The van der Waals surface area contributed by atoms with Crippen LogP contribution < -0.4 is 0 Å². The van der Waals surface area contributed by atoms with Gasteiger partial charge in [0.25, 0.3) is 0 Å². The summed E-state index contributed by atoms with van der Waals surface area (Å²) in [6.07, 6.45) is 7.46. The van der Waals surface area contributed by atoms with E-state index in [-0.39, 0.29) is 5.60 Å². The van der Waals surface area contributed by atoms with E-state index in [0.717, 1.165) is 19.1 Å². The minimum atomic E-state index is 0.209. The monoisotopic (exact) mass is 168 g/mol. The summed E-state index contributed by atoms with van der Waals surface area (Å²) in [5.41, 5.74) is 0.209. The van der Waals surface area contributed by atoms with Gasteiger partial charge in [-0.15, -0.1) is 0 Å². The number of fused-ring (bicyclic) bond motifs is 1. The normalized spacial score (nSPS) is 47.5. The molecule has 3 rings (SSSR count). The molecule has 2 heterocycles. The highest BCUT2D eigenvalue weighted by Gasteiger charge is 2.64. The zero-order valence-electron chi connectivity index (χ0n) is 7.42. The Morgan fingerprint density at radius 1 is 1.08 bits per heavy atom. The van der Waals surface area contributed by atoms with Gasteiger partial charge in [0, 0.05) is 0 Å². The largest absolute Gasteiger partial charge is 0.376 e. The molecular formula is C10H16O2. The van der Waals surface area contributed by atoms with Crippen LogP contribution in [0.5, 0.6) is 0 Å². The Morgan fingerprint density at radius 3 is 2.50 bits per heavy atom. The second kappa shape index (κ2) is 2.46. The van der Waals surface area contributed by atoms with Gasteiger partial charge in [-0.1, -0.05) is 19.3 Å². The molecule has 0 bridgehead atoms. The Morgan fingerprint density at radius 2 is 1.92 bits per heavy atom. The summed E-state index contributed by atoms with van der Waals surface area (Å²) in [6.45, 7) is 1.73. The summed E-state index contributed by atoms with van der Waals surface area (Å²) in [7, 11) is 0. The van der Waals surface area contributed by atoms with E-state index in [4.69, 9.17) is 9.47 Å². The van der Waals surface area contributed by atoms with Crippen molar-refractivity contribution >= 4 is 0 Å². The van der Waals surface area contributed by atoms with E-state index < -0.39 is 0 Å². The van der Waals surface area contributed by atoms with Gasteiger partial charge >= 0.3 is 0 Å². The van der Waals surface area contributed by atoms with Crippen LogP contribution in [0.15, 0.2) is 0 Å². The van der Waals surface area contributed by atoms with Crippen molar-refractivity contribution in [2.75, 3.05) is 13.2 Å². The lowest BCUT2D eigenvalue weighted by atomic mass is 9.79. The molecule has 2 saturated heterocycles. The first-order chi connectivity index (χ1) is 5.92. The van der Waals surface area contributed by atoms with E-state index in [1.54, 1.807) is 0 Å². The van der Waals surface area contributed by atoms with E-state index >= 15 is 0 Å². The topological polar surface area (TPSA) is 21.8 Å². The summed E-state index contributed by atoms with van der Waals surface area (Å²) >= 11 is 0. The predicted molar refractivity (Wildman–Crippen MR) is 45.0 cm³/mol. The lowest BCUT2D eigenvalue weighted by Crippen LogP contribution is -2.29. The molecule has 1 saturated carbocycles. The Bertz CT molecular complexity index is 186. The van der Waals surface area contributed by atoms with Crippen molar-refractivity contribution in [3.8, 4) is 0 Å². The number of epoxide rings is 1. The Labute approximate surface area is 73.2 Å². The average molecular weight is 168 g/mol. The third kappa shape index (κ3) is 0.882. The molecule has 2 atom stereocenters. The lowest BCUT2D eigenvalue weighted by Gasteiger charge is -2.25. The van der Waals surface area contributed by atoms with Crippen molar-refractivity contribution in [3.63, 3.8) is 0 Å². The maximum atomic E-state index is 5.75. The molecule has 12 heavy (non-hydrogen) atoms. The first-order valence-electron chi connectivity index (χ1n) is 5.17. The molecule has 3 fully saturated rings. The van der Waals surface area contributed by atoms with Crippen LogP contribution in [0.1, 0.15) is 32.1 Å². The highest BCUT2D eigenvalue weighted by Crippen LogP contribution is 2.52. The van der Waals surface area contributed by atoms with Crippen LogP contribution >= 0.6 is 0 Å². The molecule has 68 valence electrons. The summed E-state index contributed by atoms with van der Waals surface area (Å²) in [5.74, 6) is 0.818. The fourth-order valence-electron chi connectivity index (χ4n) is 2.93. The van der Waals surface area contributed by atoms with E-state index in [9.17, 15) is 0 Å². The van der Waals surface area contributed by atoms with E-state index in [2.05, 4.69) is 0 Å². The zero-order chi connectivity index (χ0) is 8.02. The minimum absolute atomic E-state index is 0.209. The van der Waals surface area contributed by atoms with Gasteiger partial charge in [-0.05, 0) is 18.8 Å². The third-order valence-corrected chi connectivity index (χ3v) is 3.74. The Hall–Kier alpha value is -0.0800. The molecule has 0 N–H and O–H groups in total. The zero-order valence-corrected chi connectivity index (χ0v) is 7.42. The Balaban J connectivity index is 1.71. The first kappa shape index (κ1) is 7.34. The van der Waals surface area contributed by atoms with Crippen molar-refractivity contribution in [2.45, 2.75) is 43.8 Å². The molecule has 0 amide bonds. The second-order valence-corrected chi connectivity index (χ2v) is 4.41. The molecule has 0 unspecified atom stereocenters. The molecule has 0 aromatic carbocycles. The molecule has 1 aliphatic carbocycles. The summed E-state index contributed by atoms with van der Waals surface area (Å²) < 4.78 is 11.2. The molecule has 0 spiro atoms. The van der Waals surface area contributed by atoms with Crippen molar-refractivity contribution in [3.05, 3.63) is 0 Å². The minimum Gasteiger partial charge on any atom is -0.376 e. The van der Waals surface area contributed by atoms with Gasteiger partial charge in [0.1, 0.15) is 11.7 Å². The fraction of sp³-hybridized carbons (Fsp3) is 1.00. The maximum absolute atomic E-state index is 5.75. The fourth-order valence-corrected chi connectivity index (χ4v) is 2.93. The molecule has 0 radical (unpaired) electrons. The van der Waals surface area contributed by atoms with Gasteiger partial charge in [0.05, 0.1) is 13.2 Å². The van der Waals surface area contributed by atoms with Crippen LogP contribution in [0, 0.1) is 5.92 Å². The van der Waals surface area contributed by atoms with Crippen LogP contribution in [0.3, 0.4) is 0 Å². The molecule has 2 heteroatoms. The third-order valence-electron chi connectivity index (χ3n) is 3.74. The van der Waals surface area contributed by atoms with Crippen LogP contribution in [0.4, 0.5) is 0 Å². The van der Waals surface area contributed by atoms with Gasteiger partial charge in [-0.3, -0.25) is 0 Å². The molecule has 2 nitrogen and oxygen atoms in total. The van der Waals surface area contributed by atoms with Crippen molar-refractivity contribution < 1.29 is 9.47 Å². The summed E-state index contributed by atoms with van der Waals surface area (Å²) in [5, 5.41) is 0. The lowest BCUT2D eigenvalue weighted by molar-refractivity contribution is 0.0399. The van der Waals surface area contributed by atoms with Crippen LogP contribution in [-0.4, -0.2) is 24.9 Å². The van der Waals surface area contributed by atoms with Crippen LogP contribution in [-0.2, 0) is 9.47 Å². The highest BCUT2D eigenvalue weighted by atomic mass is 16.7. The maximum Gasteiger partial charge on any atom is 0.123 e. The smallest absolute Gasteiger partial charge is 0.123 e.